The van der Waals surface area contributed by atoms with Gasteiger partial charge in [0, 0.05) is 42.4 Å². The maximum Gasteiger partial charge on any atom is 0.251 e. The van der Waals surface area contributed by atoms with E-state index in [0.29, 0.717) is 41.5 Å². The minimum atomic E-state index is -3.60. The number of aliphatic hydroxyl groups excluding tert-OH is 1. The molecule has 4 heterocycles. The van der Waals surface area contributed by atoms with Gasteiger partial charge in [-0.05, 0) is 56.3 Å². The van der Waals surface area contributed by atoms with E-state index in [2.05, 4.69) is 10.3 Å². The summed E-state index contributed by atoms with van der Waals surface area (Å²) in [5.41, 5.74) is 2.37. The smallest absolute Gasteiger partial charge is 0.251 e. The molecule has 1 aliphatic heterocycles. The Morgan fingerprint density at radius 3 is 2.49 bits per heavy atom. The highest BCUT2D eigenvalue weighted by molar-refractivity contribution is 7.91. The number of amides is 1. The zero-order valence-electron chi connectivity index (χ0n) is 22.6. The summed E-state index contributed by atoms with van der Waals surface area (Å²) in [6.07, 6.45) is 1.66. The van der Waals surface area contributed by atoms with E-state index in [-0.39, 0.29) is 35.0 Å². The molecule has 0 radical (unpaired) electrons. The third-order valence-electron chi connectivity index (χ3n) is 6.68. The monoisotopic (exact) mass is 579 g/mol. The van der Waals surface area contributed by atoms with Gasteiger partial charge in [0.25, 0.3) is 5.91 Å². The maximum atomic E-state index is 14.7. The van der Waals surface area contributed by atoms with Gasteiger partial charge in [0.1, 0.15) is 11.6 Å². The fourth-order valence-electron chi connectivity index (χ4n) is 4.76. The number of aliphatic hydroxyl groups is 1. The molecule has 2 N–H and O–H groups in total. The number of carbonyl (C=O) groups excluding carboxylic acids is 1. The van der Waals surface area contributed by atoms with Crippen molar-refractivity contribution in [2.45, 2.75) is 37.5 Å². The van der Waals surface area contributed by atoms with E-state index in [1.807, 2.05) is 24.8 Å². The summed E-state index contributed by atoms with van der Waals surface area (Å²) >= 11 is 0. The molecule has 1 aliphatic rings. The van der Waals surface area contributed by atoms with Gasteiger partial charge in [-0.3, -0.25) is 9.78 Å². The summed E-state index contributed by atoms with van der Waals surface area (Å²) in [7, 11) is -3.60. The maximum absolute atomic E-state index is 14.7. The highest BCUT2D eigenvalue weighted by atomic mass is 32.2. The lowest BCUT2D eigenvalue weighted by Gasteiger charge is -2.36. The fourth-order valence-corrected chi connectivity index (χ4v) is 5.79. The number of aromatic nitrogens is 3. The molecule has 12 heteroatoms. The number of benzene rings is 1. The molecule has 214 valence electrons. The van der Waals surface area contributed by atoms with Crippen LogP contribution in [0.15, 0.2) is 65.7 Å². The summed E-state index contributed by atoms with van der Waals surface area (Å²) in [4.78, 5) is 28.5. The second-order valence-corrected chi connectivity index (χ2v) is 12.1. The number of carbonyl (C=O) groups is 1. The van der Waals surface area contributed by atoms with E-state index < -0.39 is 28.2 Å². The Kier molecular flexibility index (Phi) is 8.25. The quantitative estimate of drug-likeness (QED) is 0.323. The lowest BCUT2D eigenvalue weighted by Crippen LogP contribution is -2.45. The third-order valence-corrected chi connectivity index (χ3v) is 8.39. The SMILES string of the molecule is C[C@@H]1CN(c2cc(F)cc(-c3ccc4cnc(CNC(=O)c5ccc(S(=O)(=O)CCO)cc5)cc4n3)n2)C[C@H](C)O1. The number of hydrogen-bond acceptors (Lipinski definition) is 9. The summed E-state index contributed by atoms with van der Waals surface area (Å²) in [5.74, 6) is -0.662. The van der Waals surface area contributed by atoms with Crippen LogP contribution in [0.25, 0.3) is 22.3 Å². The molecule has 1 aromatic carbocycles. The summed E-state index contributed by atoms with van der Waals surface area (Å²) < 4.78 is 44.6. The summed E-state index contributed by atoms with van der Waals surface area (Å²) in [5, 5.41) is 12.5. The largest absolute Gasteiger partial charge is 0.395 e. The van der Waals surface area contributed by atoms with E-state index >= 15 is 0 Å². The van der Waals surface area contributed by atoms with E-state index in [4.69, 9.17) is 19.8 Å². The molecule has 0 bridgehead atoms. The Hall–Kier alpha value is -4.00. The van der Waals surface area contributed by atoms with Crippen molar-refractivity contribution in [1.82, 2.24) is 20.3 Å². The van der Waals surface area contributed by atoms with Gasteiger partial charge >= 0.3 is 0 Å². The topological polar surface area (TPSA) is 135 Å². The first kappa shape index (κ1) is 28.5. The van der Waals surface area contributed by atoms with Gasteiger partial charge < -0.3 is 20.1 Å². The van der Waals surface area contributed by atoms with E-state index in [9.17, 15) is 17.6 Å². The number of ether oxygens (including phenoxy) is 1. The second kappa shape index (κ2) is 11.9. The van der Waals surface area contributed by atoms with Gasteiger partial charge in [0.2, 0.25) is 0 Å². The molecule has 2 atom stereocenters. The molecule has 4 aromatic rings. The molecule has 1 fully saturated rings. The van der Waals surface area contributed by atoms with Gasteiger partial charge in [0.15, 0.2) is 9.84 Å². The molecule has 0 saturated carbocycles. The molecule has 1 saturated heterocycles. The van der Waals surface area contributed by atoms with Crippen LogP contribution in [-0.4, -0.2) is 72.0 Å². The zero-order chi connectivity index (χ0) is 29.1. The van der Waals surface area contributed by atoms with E-state index in [1.165, 1.54) is 36.4 Å². The Labute approximate surface area is 237 Å². The summed E-state index contributed by atoms with van der Waals surface area (Å²) in [6, 6.07) is 13.6. The van der Waals surface area contributed by atoms with Crippen LogP contribution >= 0.6 is 0 Å². The first-order chi connectivity index (χ1) is 19.6. The molecule has 0 unspecified atom stereocenters. The molecule has 3 aromatic heterocycles. The minimum absolute atomic E-state index is 0.00449. The molecular formula is C29H30FN5O5S. The van der Waals surface area contributed by atoms with Gasteiger partial charge in [-0.25, -0.2) is 22.8 Å². The molecule has 0 aliphatic carbocycles. The molecule has 1 amide bonds. The Bertz CT molecular complexity index is 1670. The Balaban J connectivity index is 1.32. The number of nitrogens with zero attached hydrogens (tertiary/aromatic N) is 4. The van der Waals surface area contributed by atoms with Gasteiger partial charge in [-0.1, -0.05) is 0 Å². The molecule has 41 heavy (non-hydrogen) atoms. The number of sulfone groups is 1. The van der Waals surface area contributed by atoms with Crippen LogP contribution in [0, 0.1) is 5.82 Å². The second-order valence-electron chi connectivity index (χ2n) is 10.0. The van der Waals surface area contributed by atoms with Crippen molar-refractivity contribution < 1.29 is 27.4 Å². The highest BCUT2D eigenvalue weighted by Gasteiger charge is 2.24. The van der Waals surface area contributed by atoms with Crippen LogP contribution in [0.2, 0.25) is 0 Å². The van der Waals surface area contributed by atoms with Crippen LogP contribution < -0.4 is 10.2 Å². The van der Waals surface area contributed by atoms with Crippen LogP contribution in [0.3, 0.4) is 0 Å². The summed E-state index contributed by atoms with van der Waals surface area (Å²) in [6.45, 7) is 4.81. The van der Waals surface area contributed by atoms with Crippen molar-refractivity contribution in [2.75, 3.05) is 30.3 Å². The number of nitrogens with one attached hydrogen (secondary N) is 1. The number of halogens is 1. The number of hydrogen-bond donors (Lipinski definition) is 2. The predicted octanol–water partition coefficient (Wildman–Crippen LogP) is 3.14. The first-order valence-corrected chi connectivity index (χ1v) is 14.8. The lowest BCUT2D eigenvalue weighted by atomic mass is 10.1. The van der Waals surface area contributed by atoms with Crippen molar-refractivity contribution in [3.05, 3.63) is 77.9 Å². The van der Waals surface area contributed by atoms with Crippen molar-refractivity contribution in [1.29, 1.82) is 0 Å². The van der Waals surface area contributed by atoms with E-state index in [1.54, 1.807) is 18.3 Å². The number of rotatable bonds is 8. The van der Waals surface area contributed by atoms with Crippen LogP contribution in [0.1, 0.15) is 29.9 Å². The average molecular weight is 580 g/mol. The van der Waals surface area contributed by atoms with Crippen molar-refractivity contribution in [2.24, 2.45) is 0 Å². The molecule has 0 spiro atoms. The zero-order valence-corrected chi connectivity index (χ0v) is 23.4. The van der Waals surface area contributed by atoms with Gasteiger partial charge in [-0.2, -0.15) is 0 Å². The Morgan fingerprint density at radius 1 is 1.05 bits per heavy atom. The minimum Gasteiger partial charge on any atom is -0.395 e. The normalized spacial score (nSPS) is 17.5. The van der Waals surface area contributed by atoms with Crippen molar-refractivity contribution in [3.8, 4) is 11.4 Å². The number of fused-ring (bicyclic) bond motifs is 1. The lowest BCUT2D eigenvalue weighted by molar-refractivity contribution is -0.00547. The number of morpholine rings is 1. The van der Waals surface area contributed by atoms with Crippen molar-refractivity contribution in [3.63, 3.8) is 0 Å². The standard InChI is InChI=1S/C29H30FN5O5S/c1-18-16-35(17-19(2)40-18)28-12-22(30)11-27(34-28)25-8-5-21-14-31-23(13-26(21)33-25)15-32-29(37)20-3-6-24(7-4-20)41(38,39)10-9-36/h3-8,11-14,18-19,36H,9-10,15-17H2,1-2H3,(H,32,37)/t18-,19+. The van der Waals surface area contributed by atoms with Crippen LogP contribution in [0.4, 0.5) is 10.2 Å². The van der Waals surface area contributed by atoms with E-state index in [0.717, 1.165) is 5.39 Å². The van der Waals surface area contributed by atoms with Crippen molar-refractivity contribution >= 4 is 32.5 Å². The molecule has 10 nitrogen and oxygen atoms in total. The molecule has 5 rings (SSSR count). The predicted molar refractivity (Wildman–Crippen MR) is 152 cm³/mol. The number of anilines is 1. The van der Waals surface area contributed by atoms with Crippen LogP contribution in [0.5, 0.6) is 0 Å². The Morgan fingerprint density at radius 2 is 1.78 bits per heavy atom. The average Bonchev–Trinajstić information content (AvgIpc) is 2.94. The van der Waals surface area contributed by atoms with Crippen LogP contribution in [-0.2, 0) is 21.1 Å². The fraction of sp³-hybridized carbons (Fsp3) is 0.310. The van der Waals surface area contributed by atoms with Gasteiger partial charge in [0.05, 0.1) is 58.6 Å². The number of pyridine rings is 3. The highest BCUT2D eigenvalue weighted by Crippen LogP contribution is 2.26. The molecular weight excluding hydrogens is 549 g/mol. The first-order valence-electron chi connectivity index (χ1n) is 13.2. The third kappa shape index (κ3) is 6.67. The van der Waals surface area contributed by atoms with Gasteiger partial charge in [-0.15, -0.1) is 0 Å².